The third-order valence-corrected chi connectivity index (χ3v) is 4.54. The molecule has 0 fully saturated rings. The van der Waals surface area contributed by atoms with Gasteiger partial charge in [-0.25, -0.2) is 0 Å². The van der Waals surface area contributed by atoms with Gasteiger partial charge in [0.05, 0.1) is 6.20 Å². The Kier molecular flexibility index (Phi) is 3.88. The number of nitrogens with zero attached hydrogens (tertiary/aromatic N) is 2. The smallest absolute Gasteiger partial charge is 0.0537 e. The standard InChI is InChI=1S/C17H23N3/c1-13-16(12-19-20(13)2)11-18-10-15-8-5-7-14-6-3-4-9-17(14)15/h3-4,6,9,12,15,18H,5,7-8,10-11H2,1-2H3. The summed E-state index contributed by atoms with van der Waals surface area (Å²) in [4.78, 5) is 0. The number of hydrogen-bond acceptors (Lipinski definition) is 2. The van der Waals surface area contributed by atoms with E-state index in [1.54, 1.807) is 11.1 Å². The monoisotopic (exact) mass is 269 g/mol. The van der Waals surface area contributed by atoms with Crippen LogP contribution in [0.15, 0.2) is 30.5 Å². The maximum Gasteiger partial charge on any atom is 0.0537 e. The van der Waals surface area contributed by atoms with E-state index in [9.17, 15) is 0 Å². The molecule has 20 heavy (non-hydrogen) atoms. The lowest BCUT2D eigenvalue weighted by molar-refractivity contribution is 0.506. The first kappa shape index (κ1) is 13.4. The summed E-state index contributed by atoms with van der Waals surface area (Å²) in [5.74, 6) is 0.664. The Bertz CT molecular complexity index is 586. The Morgan fingerprint density at radius 1 is 1.35 bits per heavy atom. The first-order chi connectivity index (χ1) is 9.75. The fraction of sp³-hybridized carbons (Fsp3) is 0.471. The van der Waals surface area contributed by atoms with Gasteiger partial charge in [0.2, 0.25) is 0 Å². The Balaban J connectivity index is 1.61. The van der Waals surface area contributed by atoms with Crippen molar-refractivity contribution in [2.24, 2.45) is 7.05 Å². The van der Waals surface area contributed by atoms with E-state index >= 15 is 0 Å². The highest BCUT2D eigenvalue weighted by molar-refractivity contribution is 5.32. The maximum absolute atomic E-state index is 4.29. The minimum atomic E-state index is 0.664. The zero-order chi connectivity index (χ0) is 13.9. The van der Waals surface area contributed by atoms with E-state index in [0.717, 1.165) is 13.1 Å². The van der Waals surface area contributed by atoms with E-state index in [4.69, 9.17) is 0 Å². The molecular formula is C17H23N3. The molecule has 0 aliphatic heterocycles. The molecule has 106 valence electrons. The lowest BCUT2D eigenvalue weighted by atomic mass is 9.83. The van der Waals surface area contributed by atoms with Gasteiger partial charge in [-0.1, -0.05) is 24.3 Å². The number of fused-ring (bicyclic) bond motifs is 1. The zero-order valence-electron chi connectivity index (χ0n) is 12.4. The normalized spacial score (nSPS) is 18.0. The van der Waals surface area contributed by atoms with Crippen LogP contribution in [-0.4, -0.2) is 16.3 Å². The molecule has 0 saturated carbocycles. The van der Waals surface area contributed by atoms with Gasteiger partial charge < -0.3 is 5.32 Å². The van der Waals surface area contributed by atoms with Crippen LogP contribution >= 0.6 is 0 Å². The number of aryl methyl sites for hydroxylation is 2. The predicted molar refractivity (Wildman–Crippen MR) is 81.8 cm³/mol. The average molecular weight is 269 g/mol. The summed E-state index contributed by atoms with van der Waals surface area (Å²) in [7, 11) is 2.00. The maximum atomic E-state index is 4.29. The molecule has 3 rings (SSSR count). The van der Waals surface area contributed by atoms with Crippen molar-refractivity contribution in [1.82, 2.24) is 15.1 Å². The SMILES string of the molecule is Cc1c(CNCC2CCCc3ccccc32)cnn1C. The van der Waals surface area contributed by atoms with Crippen molar-refractivity contribution in [3.8, 4) is 0 Å². The van der Waals surface area contributed by atoms with Crippen molar-refractivity contribution in [2.75, 3.05) is 6.54 Å². The highest BCUT2D eigenvalue weighted by Gasteiger charge is 2.19. The van der Waals surface area contributed by atoms with Gasteiger partial charge >= 0.3 is 0 Å². The summed E-state index contributed by atoms with van der Waals surface area (Å²) in [5.41, 5.74) is 5.65. The summed E-state index contributed by atoms with van der Waals surface area (Å²) in [6.45, 7) is 4.10. The summed E-state index contributed by atoms with van der Waals surface area (Å²) in [6, 6.07) is 8.92. The van der Waals surface area contributed by atoms with Gasteiger partial charge in [-0.05, 0) is 43.2 Å². The number of rotatable bonds is 4. The van der Waals surface area contributed by atoms with Crippen molar-refractivity contribution >= 4 is 0 Å². The third kappa shape index (κ3) is 2.63. The molecule has 1 aromatic heterocycles. The van der Waals surface area contributed by atoms with Gasteiger partial charge in [0, 0.05) is 31.4 Å². The van der Waals surface area contributed by atoms with Crippen LogP contribution in [-0.2, 0) is 20.0 Å². The van der Waals surface area contributed by atoms with Crippen LogP contribution in [0.5, 0.6) is 0 Å². The topological polar surface area (TPSA) is 29.9 Å². The summed E-state index contributed by atoms with van der Waals surface area (Å²) >= 11 is 0. The van der Waals surface area contributed by atoms with E-state index in [-0.39, 0.29) is 0 Å². The molecular weight excluding hydrogens is 246 g/mol. The molecule has 3 nitrogen and oxygen atoms in total. The van der Waals surface area contributed by atoms with Crippen LogP contribution in [0.2, 0.25) is 0 Å². The second-order valence-electron chi connectivity index (χ2n) is 5.80. The highest BCUT2D eigenvalue weighted by atomic mass is 15.3. The lowest BCUT2D eigenvalue weighted by Gasteiger charge is -2.25. The Labute approximate surface area is 121 Å². The summed E-state index contributed by atoms with van der Waals surface area (Å²) in [6.07, 6.45) is 5.83. The minimum Gasteiger partial charge on any atom is -0.312 e. The molecule has 1 unspecified atom stereocenters. The van der Waals surface area contributed by atoms with Gasteiger partial charge in [0.15, 0.2) is 0 Å². The van der Waals surface area contributed by atoms with E-state index in [2.05, 4.69) is 41.6 Å². The Morgan fingerprint density at radius 2 is 2.20 bits per heavy atom. The minimum absolute atomic E-state index is 0.664. The fourth-order valence-corrected chi connectivity index (χ4v) is 3.17. The van der Waals surface area contributed by atoms with Crippen LogP contribution in [0.4, 0.5) is 0 Å². The first-order valence-corrected chi connectivity index (χ1v) is 7.51. The largest absolute Gasteiger partial charge is 0.312 e. The molecule has 0 saturated heterocycles. The van der Waals surface area contributed by atoms with Gasteiger partial charge in [0.25, 0.3) is 0 Å². The molecule has 0 radical (unpaired) electrons. The molecule has 1 aliphatic rings. The molecule has 1 aromatic carbocycles. The first-order valence-electron chi connectivity index (χ1n) is 7.51. The fourth-order valence-electron chi connectivity index (χ4n) is 3.17. The molecule has 1 aliphatic carbocycles. The molecule has 2 aromatic rings. The second kappa shape index (κ2) is 5.80. The molecule has 0 bridgehead atoms. The molecule has 1 N–H and O–H groups in total. The van der Waals surface area contributed by atoms with Crippen molar-refractivity contribution in [3.05, 3.63) is 52.8 Å². The van der Waals surface area contributed by atoms with E-state index in [1.807, 2.05) is 17.9 Å². The van der Waals surface area contributed by atoms with Crippen LogP contribution in [0.1, 0.15) is 41.1 Å². The van der Waals surface area contributed by atoms with Crippen molar-refractivity contribution in [1.29, 1.82) is 0 Å². The molecule has 3 heteroatoms. The second-order valence-corrected chi connectivity index (χ2v) is 5.80. The van der Waals surface area contributed by atoms with E-state index in [0.29, 0.717) is 5.92 Å². The van der Waals surface area contributed by atoms with Crippen LogP contribution in [0, 0.1) is 6.92 Å². The number of hydrogen-bond donors (Lipinski definition) is 1. The van der Waals surface area contributed by atoms with Crippen LogP contribution < -0.4 is 5.32 Å². The Hall–Kier alpha value is -1.61. The van der Waals surface area contributed by atoms with E-state index in [1.165, 1.54) is 30.5 Å². The van der Waals surface area contributed by atoms with Crippen LogP contribution in [0.25, 0.3) is 0 Å². The van der Waals surface area contributed by atoms with Gasteiger partial charge in [0.1, 0.15) is 0 Å². The summed E-state index contributed by atoms with van der Waals surface area (Å²) in [5, 5.41) is 7.91. The zero-order valence-corrected chi connectivity index (χ0v) is 12.4. The average Bonchev–Trinajstić information content (AvgIpc) is 2.79. The quantitative estimate of drug-likeness (QED) is 0.925. The molecule has 1 heterocycles. The van der Waals surface area contributed by atoms with Crippen molar-refractivity contribution in [3.63, 3.8) is 0 Å². The van der Waals surface area contributed by atoms with E-state index < -0.39 is 0 Å². The van der Waals surface area contributed by atoms with Gasteiger partial charge in [-0.15, -0.1) is 0 Å². The Morgan fingerprint density at radius 3 is 3.00 bits per heavy atom. The van der Waals surface area contributed by atoms with Gasteiger partial charge in [-0.3, -0.25) is 4.68 Å². The third-order valence-electron chi connectivity index (χ3n) is 4.54. The number of benzene rings is 1. The number of nitrogens with one attached hydrogen (secondary N) is 1. The van der Waals surface area contributed by atoms with Crippen LogP contribution in [0.3, 0.4) is 0 Å². The number of aromatic nitrogens is 2. The predicted octanol–water partition coefficient (Wildman–Crippen LogP) is 2.94. The lowest BCUT2D eigenvalue weighted by Crippen LogP contribution is -2.24. The molecule has 1 atom stereocenters. The molecule has 0 amide bonds. The van der Waals surface area contributed by atoms with Crippen molar-refractivity contribution in [2.45, 2.75) is 38.6 Å². The highest BCUT2D eigenvalue weighted by Crippen LogP contribution is 2.30. The molecule has 0 spiro atoms. The summed E-state index contributed by atoms with van der Waals surface area (Å²) < 4.78 is 1.94. The van der Waals surface area contributed by atoms with Crippen molar-refractivity contribution < 1.29 is 0 Å². The van der Waals surface area contributed by atoms with Gasteiger partial charge in [-0.2, -0.15) is 5.10 Å².